The topological polar surface area (TPSA) is 21.7 Å². The Balaban J connectivity index is 2.60. The number of pyridine rings is 1. The maximum absolute atomic E-state index is 4.15. The number of aryl methyl sites for hydroxylation is 2. The zero-order valence-electron chi connectivity index (χ0n) is 8.73. The van der Waals surface area contributed by atoms with Crippen LogP contribution in [0.3, 0.4) is 0 Å². The van der Waals surface area contributed by atoms with Crippen LogP contribution >= 0.6 is 0 Å². The lowest BCUT2D eigenvalue weighted by Crippen LogP contribution is -2.36. The van der Waals surface area contributed by atoms with E-state index in [1.807, 2.05) is 43.4 Å². The van der Waals surface area contributed by atoms with Gasteiger partial charge in [-0.25, -0.2) is 0 Å². The molecule has 0 saturated carbocycles. The van der Waals surface area contributed by atoms with Crippen molar-refractivity contribution in [3.8, 4) is 11.3 Å². The van der Waals surface area contributed by atoms with E-state index >= 15 is 0 Å². The highest BCUT2D eigenvalue weighted by atomic mass is 15.4. The van der Waals surface area contributed by atoms with Gasteiger partial charge in [0.2, 0.25) is 0 Å². The van der Waals surface area contributed by atoms with E-state index in [9.17, 15) is 0 Å². The van der Waals surface area contributed by atoms with Crippen molar-refractivity contribution in [2.75, 3.05) is 0 Å². The summed E-state index contributed by atoms with van der Waals surface area (Å²) in [6.07, 6.45) is 5.77. The van der Waals surface area contributed by atoms with E-state index in [0.29, 0.717) is 0 Å². The highest BCUT2D eigenvalue weighted by Crippen LogP contribution is 2.19. The quantitative estimate of drug-likeness (QED) is 0.617. The third kappa shape index (κ3) is 1.31. The van der Waals surface area contributed by atoms with Gasteiger partial charge in [0.1, 0.15) is 5.69 Å². The van der Waals surface area contributed by atoms with Crippen molar-refractivity contribution in [2.24, 2.45) is 14.1 Å². The first-order chi connectivity index (χ1) is 6.70. The van der Waals surface area contributed by atoms with Gasteiger partial charge in [-0.1, -0.05) is 0 Å². The van der Waals surface area contributed by atoms with Gasteiger partial charge in [-0.05, 0) is 18.6 Å². The lowest BCUT2D eigenvalue weighted by atomic mass is 10.1. The van der Waals surface area contributed by atoms with Gasteiger partial charge in [0, 0.05) is 24.0 Å². The summed E-state index contributed by atoms with van der Waals surface area (Å²) in [5.41, 5.74) is 3.63. The molecule has 0 saturated heterocycles. The zero-order chi connectivity index (χ0) is 10.1. The van der Waals surface area contributed by atoms with Crippen LogP contribution in [0.5, 0.6) is 0 Å². The standard InChI is InChI=1S/C11H14N3/c1-9-4-6-12-8-10(9)11-5-7-13(2)14(11)3/h4-8H,1-3H3/q+1. The molecule has 0 fully saturated rings. The Morgan fingerprint density at radius 3 is 2.71 bits per heavy atom. The number of hydrogen-bond acceptors (Lipinski definition) is 1. The van der Waals surface area contributed by atoms with E-state index in [-0.39, 0.29) is 0 Å². The van der Waals surface area contributed by atoms with Crippen molar-refractivity contribution in [1.82, 2.24) is 9.67 Å². The van der Waals surface area contributed by atoms with Crippen LogP contribution < -0.4 is 4.68 Å². The average molecular weight is 188 g/mol. The fourth-order valence-electron chi connectivity index (χ4n) is 1.55. The molecule has 0 spiro atoms. The van der Waals surface area contributed by atoms with E-state index < -0.39 is 0 Å². The minimum absolute atomic E-state index is 1.19. The summed E-state index contributed by atoms with van der Waals surface area (Å²) in [5.74, 6) is 0. The molecule has 0 aromatic carbocycles. The summed E-state index contributed by atoms with van der Waals surface area (Å²) in [4.78, 5) is 4.15. The van der Waals surface area contributed by atoms with Crippen molar-refractivity contribution in [3.63, 3.8) is 0 Å². The molecule has 0 aliphatic rings. The molecule has 0 aliphatic heterocycles. The molecule has 0 N–H and O–H groups in total. The summed E-state index contributed by atoms with van der Waals surface area (Å²) < 4.78 is 4.14. The molecule has 0 amide bonds. The summed E-state index contributed by atoms with van der Waals surface area (Å²) in [6, 6.07) is 4.13. The third-order valence-electron chi connectivity index (χ3n) is 2.59. The van der Waals surface area contributed by atoms with E-state index in [1.54, 1.807) is 0 Å². The average Bonchev–Trinajstić information content (AvgIpc) is 2.49. The molecule has 2 heterocycles. The van der Waals surface area contributed by atoms with Crippen LogP contribution in [-0.2, 0) is 14.1 Å². The Morgan fingerprint density at radius 1 is 1.36 bits per heavy atom. The van der Waals surface area contributed by atoms with Crippen LogP contribution in [0.25, 0.3) is 11.3 Å². The molecule has 3 heteroatoms. The second kappa shape index (κ2) is 3.25. The van der Waals surface area contributed by atoms with E-state index in [4.69, 9.17) is 0 Å². The molecule has 0 aliphatic carbocycles. The van der Waals surface area contributed by atoms with Crippen molar-refractivity contribution in [2.45, 2.75) is 6.92 Å². The predicted molar refractivity (Wildman–Crippen MR) is 54.6 cm³/mol. The van der Waals surface area contributed by atoms with Crippen molar-refractivity contribution < 1.29 is 4.68 Å². The second-order valence-corrected chi connectivity index (χ2v) is 3.49. The largest absolute Gasteiger partial charge is 0.264 e. The van der Waals surface area contributed by atoms with Crippen LogP contribution in [0, 0.1) is 6.92 Å². The Morgan fingerprint density at radius 2 is 2.14 bits per heavy atom. The molecule has 0 unspecified atom stereocenters. The Kier molecular flexibility index (Phi) is 2.08. The normalized spacial score (nSPS) is 10.5. The summed E-state index contributed by atoms with van der Waals surface area (Å²) >= 11 is 0. The third-order valence-corrected chi connectivity index (χ3v) is 2.59. The summed E-state index contributed by atoms with van der Waals surface area (Å²) in [7, 11) is 4.07. The lowest BCUT2D eigenvalue weighted by molar-refractivity contribution is -0.750. The molecule has 3 nitrogen and oxygen atoms in total. The van der Waals surface area contributed by atoms with Gasteiger partial charge in [0.15, 0.2) is 13.2 Å². The maximum Gasteiger partial charge on any atom is 0.196 e. The minimum atomic E-state index is 1.19. The van der Waals surface area contributed by atoms with E-state index in [1.165, 1.54) is 16.8 Å². The first kappa shape index (κ1) is 8.94. The predicted octanol–water partition coefficient (Wildman–Crippen LogP) is 1.22. The second-order valence-electron chi connectivity index (χ2n) is 3.49. The molecule has 2 aromatic heterocycles. The molecule has 0 atom stereocenters. The van der Waals surface area contributed by atoms with Crippen LogP contribution in [0.4, 0.5) is 0 Å². The summed E-state index contributed by atoms with van der Waals surface area (Å²) in [5, 5.41) is 0. The molecule has 0 radical (unpaired) electrons. The van der Waals surface area contributed by atoms with Gasteiger partial charge >= 0.3 is 0 Å². The molecule has 14 heavy (non-hydrogen) atoms. The molecule has 2 rings (SSSR count). The number of rotatable bonds is 1. The Hall–Kier alpha value is -1.64. The van der Waals surface area contributed by atoms with Crippen LogP contribution in [0.15, 0.2) is 30.7 Å². The first-order valence-electron chi connectivity index (χ1n) is 4.63. The van der Waals surface area contributed by atoms with Gasteiger partial charge < -0.3 is 0 Å². The Bertz CT molecular complexity index is 457. The van der Waals surface area contributed by atoms with Crippen molar-refractivity contribution >= 4 is 0 Å². The maximum atomic E-state index is 4.15. The fourth-order valence-corrected chi connectivity index (χ4v) is 1.55. The highest BCUT2D eigenvalue weighted by molar-refractivity contribution is 5.61. The van der Waals surface area contributed by atoms with E-state index in [0.717, 1.165) is 0 Å². The van der Waals surface area contributed by atoms with E-state index in [2.05, 4.69) is 22.7 Å². The molecule has 0 bridgehead atoms. The highest BCUT2D eigenvalue weighted by Gasteiger charge is 2.11. The van der Waals surface area contributed by atoms with Crippen LogP contribution in [0.2, 0.25) is 0 Å². The molecule has 72 valence electrons. The van der Waals surface area contributed by atoms with Gasteiger partial charge in [-0.2, -0.15) is 4.68 Å². The van der Waals surface area contributed by atoms with Gasteiger partial charge in [0.05, 0.1) is 7.05 Å². The number of nitrogens with zero attached hydrogens (tertiary/aromatic N) is 3. The van der Waals surface area contributed by atoms with Crippen LogP contribution in [-0.4, -0.2) is 9.67 Å². The minimum Gasteiger partial charge on any atom is -0.264 e. The van der Waals surface area contributed by atoms with Crippen LogP contribution in [0.1, 0.15) is 5.56 Å². The van der Waals surface area contributed by atoms with Crippen molar-refractivity contribution in [3.05, 3.63) is 36.3 Å². The van der Waals surface area contributed by atoms with Gasteiger partial charge in [-0.15, -0.1) is 4.68 Å². The molecule has 2 aromatic rings. The first-order valence-corrected chi connectivity index (χ1v) is 4.63. The number of aromatic nitrogens is 3. The van der Waals surface area contributed by atoms with Gasteiger partial charge in [-0.3, -0.25) is 4.98 Å². The smallest absolute Gasteiger partial charge is 0.196 e. The summed E-state index contributed by atoms with van der Waals surface area (Å²) in [6.45, 7) is 2.10. The van der Waals surface area contributed by atoms with Crippen molar-refractivity contribution in [1.29, 1.82) is 0 Å². The molecular formula is C11H14N3+. The Labute approximate surface area is 83.6 Å². The lowest BCUT2D eigenvalue weighted by Gasteiger charge is -2.02. The zero-order valence-corrected chi connectivity index (χ0v) is 8.73. The fraction of sp³-hybridized carbons (Fsp3) is 0.273. The van der Waals surface area contributed by atoms with Gasteiger partial charge in [0.25, 0.3) is 0 Å². The number of hydrogen-bond donors (Lipinski definition) is 0. The monoisotopic (exact) mass is 188 g/mol. The molecular weight excluding hydrogens is 174 g/mol. The SMILES string of the molecule is Cc1ccncc1-c1cc[n+](C)n1C.